The Morgan fingerprint density at radius 3 is 2.53 bits per heavy atom. The molecule has 0 aromatic heterocycles. The molecule has 0 saturated heterocycles. The first kappa shape index (κ1) is 20.6. The molecule has 0 spiro atoms. The van der Waals surface area contributed by atoms with Crippen molar-refractivity contribution >= 4 is 16.7 Å². The molecule has 3 aromatic carbocycles. The average Bonchev–Trinajstić information content (AvgIpc) is 2.76. The fourth-order valence-corrected chi connectivity index (χ4v) is 4.45. The zero-order valence-corrected chi connectivity index (χ0v) is 18.6. The zero-order valence-electron chi connectivity index (χ0n) is 18.6. The van der Waals surface area contributed by atoms with Gasteiger partial charge in [-0.15, -0.1) is 0 Å². The Labute approximate surface area is 180 Å². The first-order chi connectivity index (χ1) is 14.4. The summed E-state index contributed by atoms with van der Waals surface area (Å²) in [5, 5.41) is 2.57. The van der Waals surface area contributed by atoms with Crippen molar-refractivity contribution in [1.82, 2.24) is 9.80 Å². The number of benzene rings is 3. The summed E-state index contributed by atoms with van der Waals surface area (Å²) < 4.78 is 0. The number of carbonyl (C=O) groups excluding carboxylic acids is 1. The van der Waals surface area contributed by atoms with Gasteiger partial charge >= 0.3 is 0 Å². The number of rotatable bonds is 6. The van der Waals surface area contributed by atoms with E-state index >= 15 is 0 Å². The maximum atomic E-state index is 12.9. The molecule has 1 unspecified atom stereocenters. The van der Waals surface area contributed by atoms with E-state index in [4.69, 9.17) is 0 Å². The third-order valence-electron chi connectivity index (χ3n) is 6.74. The van der Waals surface area contributed by atoms with E-state index in [1.807, 2.05) is 4.90 Å². The van der Waals surface area contributed by atoms with Crippen molar-refractivity contribution in [2.75, 3.05) is 26.7 Å². The van der Waals surface area contributed by atoms with Gasteiger partial charge in [0.05, 0.1) is 0 Å². The van der Waals surface area contributed by atoms with Crippen LogP contribution in [0.2, 0.25) is 0 Å². The van der Waals surface area contributed by atoms with Crippen LogP contribution in [-0.2, 0) is 6.42 Å². The highest BCUT2D eigenvalue weighted by atomic mass is 16.2. The van der Waals surface area contributed by atoms with Crippen molar-refractivity contribution in [2.24, 2.45) is 0 Å². The second-order valence-corrected chi connectivity index (χ2v) is 8.75. The van der Waals surface area contributed by atoms with Crippen LogP contribution in [-0.4, -0.2) is 42.4 Å². The van der Waals surface area contributed by atoms with Crippen molar-refractivity contribution in [2.45, 2.75) is 39.7 Å². The molecule has 4 rings (SSSR count). The van der Waals surface area contributed by atoms with E-state index in [1.165, 1.54) is 33.0 Å². The van der Waals surface area contributed by atoms with Gasteiger partial charge in [0.1, 0.15) is 0 Å². The molecule has 0 N–H and O–H groups in total. The standard InChI is InChI=1S/C27H32N2O/c1-19-16-25-12-15-29(27(30)26(25)17-20(19)2)14-7-13-28(4)21(3)23-11-10-22-8-5-6-9-24(22)18-23/h5-6,8-11,16-18,21H,7,12-15H2,1-4H3. The highest BCUT2D eigenvalue weighted by Crippen LogP contribution is 2.25. The second kappa shape index (κ2) is 8.61. The molecule has 0 aliphatic carbocycles. The molecule has 3 aromatic rings. The molecule has 3 nitrogen and oxygen atoms in total. The fraction of sp³-hybridized carbons (Fsp3) is 0.370. The van der Waals surface area contributed by atoms with Gasteiger partial charge in [0.2, 0.25) is 0 Å². The van der Waals surface area contributed by atoms with Gasteiger partial charge < -0.3 is 4.90 Å². The minimum absolute atomic E-state index is 0.199. The van der Waals surface area contributed by atoms with E-state index in [1.54, 1.807) is 0 Å². The predicted molar refractivity (Wildman–Crippen MR) is 125 cm³/mol. The minimum atomic E-state index is 0.199. The maximum absolute atomic E-state index is 12.9. The Morgan fingerprint density at radius 1 is 1.00 bits per heavy atom. The van der Waals surface area contributed by atoms with Crippen LogP contribution in [0.1, 0.15) is 52.0 Å². The van der Waals surface area contributed by atoms with E-state index in [2.05, 4.69) is 87.3 Å². The Morgan fingerprint density at radius 2 is 1.73 bits per heavy atom. The van der Waals surface area contributed by atoms with Gasteiger partial charge in [-0.3, -0.25) is 9.69 Å². The summed E-state index contributed by atoms with van der Waals surface area (Å²) in [6.07, 6.45) is 1.95. The maximum Gasteiger partial charge on any atom is 0.254 e. The number of amides is 1. The molecule has 156 valence electrons. The number of carbonyl (C=O) groups is 1. The molecule has 3 heteroatoms. The largest absolute Gasteiger partial charge is 0.338 e. The minimum Gasteiger partial charge on any atom is -0.338 e. The van der Waals surface area contributed by atoms with Gasteiger partial charge in [0.25, 0.3) is 5.91 Å². The number of hydrogen-bond donors (Lipinski definition) is 0. The van der Waals surface area contributed by atoms with Crippen LogP contribution in [0.15, 0.2) is 54.6 Å². The van der Waals surface area contributed by atoms with Gasteiger partial charge in [0, 0.05) is 31.2 Å². The highest BCUT2D eigenvalue weighted by Gasteiger charge is 2.24. The summed E-state index contributed by atoms with van der Waals surface area (Å²) in [5.74, 6) is 0.199. The monoisotopic (exact) mass is 400 g/mol. The Hall–Kier alpha value is -2.65. The van der Waals surface area contributed by atoms with Gasteiger partial charge in [-0.25, -0.2) is 0 Å². The SMILES string of the molecule is Cc1cc2c(cc1C)C(=O)N(CCCN(C)C(C)c1ccc3ccccc3c1)CC2. The lowest BCUT2D eigenvalue weighted by Gasteiger charge is -2.31. The lowest BCUT2D eigenvalue weighted by atomic mass is 9.94. The van der Waals surface area contributed by atoms with Crippen LogP contribution in [0.25, 0.3) is 10.8 Å². The van der Waals surface area contributed by atoms with E-state index in [9.17, 15) is 4.79 Å². The quantitative estimate of drug-likeness (QED) is 0.542. The van der Waals surface area contributed by atoms with Gasteiger partial charge in [-0.05, 0) is 85.8 Å². The third-order valence-corrected chi connectivity index (χ3v) is 6.74. The first-order valence-corrected chi connectivity index (χ1v) is 11.0. The van der Waals surface area contributed by atoms with E-state index in [-0.39, 0.29) is 5.91 Å². The summed E-state index contributed by atoms with van der Waals surface area (Å²) >= 11 is 0. The number of aryl methyl sites for hydroxylation is 2. The Balaban J connectivity index is 1.35. The molecular formula is C27H32N2O. The Kier molecular flexibility index (Phi) is 5.92. The first-order valence-electron chi connectivity index (χ1n) is 11.0. The summed E-state index contributed by atoms with van der Waals surface area (Å²) in [7, 11) is 2.18. The lowest BCUT2D eigenvalue weighted by Crippen LogP contribution is -2.39. The summed E-state index contributed by atoms with van der Waals surface area (Å²) in [4.78, 5) is 17.4. The van der Waals surface area contributed by atoms with Crippen LogP contribution >= 0.6 is 0 Å². The van der Waals surface area contributed by atoms with Crippen LogP contribution in [0, 0.1) is 13.8 Å². The number of hydrogen-bond acceptors (Lipinski definition) is 2. The van der Waals surface area contributed by atoms with Crippen LogP contribution in [0.4, 0.5) is 0 Å². The molecule has 0 bridgehead atoms. The molecule has 1 aliphatic rings. The fourth-order valence-electron chi connectivity index (χ4n) is 4.45. The normalized spacial score (nSPS) is 15.0. The van der Waals surface area contributed by atoms with Crippen LogP contribution in [0.3, 0.4) is 0 Å². The van der Waals surface area contributed by atoms with Gasteiger partial charge in [-0.1, -0.05) is 42.5 Å². The van der Waals surface area contributed by atoms with Crippen LogP contribution in [0.5, 0.6) is 0 Å². The molecule has 0 fully saturated rings. The average molecular weight is 401 g/mol. The number of fused-ring (bicyclic) bond motifs is 2. The molecule has 1 heterocycles. The van der Waals surface area contributed by atoms with Gasteiger partial charge in [0.15, 0.2) is 0 Å². The lowest BCUT2D eigenvalue weighted by molar-refractivity contribution is 0.0731. The van der Waals surface area contributed by atoms with E-state index in [0.29, 0.717) is 6.04 Å². The van der Waals surface area contributed by atoms with Crippen molar-refractivity contribution in [3.05, 3.63) is 82.4 Å². The molecule has 0 radical (unpaired) electrons. The molecule has 30 heavy (non-hydrogen) atoms. The molecule has 1 atom stereocenters. The Bertz CT molecular complexity index is 1070. The van der Waals surface area contributed by atoms with Crippen molar-refractivity contribution < 1.29 is 4.79 Å². The second-order valence-electron chi connectivity index (χ2n) is 8.75. The molecule has 1 amide bonds. The summed E-state index contributed by atoms with van der Waals surface area (Å²) in [6, 6.07) is 19.9. The highest BCUT2D eigenvalue weighted by molar-refractivity contribution is 5.97. The summed E-state index contributed by atoms with van der Waals surface area (Å²) in [6.45, 7) is 9.09. The third kappa shape index (κ3) is 4.13. The van der Waals surface area contributed by atoms with Crippen molar-refractivity contribution in [1.29, 1.82) is 0 Å². The van der Waals surface area contributed by atoms with E-state index < -0.39 is 0 Å². The predicted octanol–water partition coefficient (Wildman–Crippen LogP) is 5.54. The zero-order chi connectivity index (χ0) is 21.3. The molecular weight excluding hydrogens is 368 g/mol. The van der Waals surface area contributed by atoms with E-state index in [0.717, 1.165) is 38.0 Å². The molecule has 1 aliphatic heterocycles. The smallest absolute Gasteiger partial charge is 0.254 e. The topological polar surface area (TPSA) is 23.6 Å². The number of nitrogens with zero attached hydrogens (tertiary/aromatic N) is 2. The van der Waals surface area contributed by atoms with Gasteiger partial charge in [-0.2, -0.15) is 0 Å². The molecule has 0 saturated carbocycles. The van der Waals surface area contributed by atoms with Crippen molar-refractivity contribution in [3.8, 4) is 0 Å². The summed E-state index contributed by atoms with van der Waals surface area (Å²) in [5.41, 5.74) is 5.93. The van der Waals surface area contributed by atoms with Crippen molar-refractivity contribution in [3.63, 3.8) is 0 Å². The van der Waals surface area contributed by atoms with Crippen LogP contribution < -0.4 is 0 Å².